The van der Waals surface area contributed by atoms with Crippen molar-refractivity contribution in [3.8, 4) is 0 Å². The first-order valence-electron chi connectivity index (χ1n) is 14.4. The van der Waals surface area contributed by atoms with E-state index in [1.807, 2.05) is 0 Å². The van der Waals surface area contributed by atoms with Crippen molar-refractivity contribution >= 4 is 33.3 Å². The number of methoxy groups -OCH3 is 1. The SMILES string of the molecule is COC(=O)c1cccc(NC(=O)c2ccc3c(c2)C2(CCC(O)(C(F)(F)F)CC2)C(C2CC2)N3S(=O)(=O)c2ccc(F)cc2)c1. The quantitative estimate of drug-likeness (QED) is 0.253. The van der Waals surface area contributed by atoms with E-state index in [0.29, 0.717) is 24.1 Å². The Morgan fingerprint density at radius 1 is 0.956 bits per heavy atom. The fourth-order valence-corrected chi connectivity index (χ4v) is 8.66. The van der Waals surface area contributed by atoms with Crippen molar-refractivity contribution < 1.29 is 45.4 Å². The number of amides is 1. The molecule has 2 aliphatic carbocycles. The first-order valence-corrected chi connectivity index (χ1v) is 15.9. The number of ether oxygens (including phenoxy) is 1. The molecule has 2 N–H and O–H groups in total. The van der Waals surface area contributed by atoms with E-state index in [9.17, 15) is 40.7 Å². The van der Waals surface area contributed by atoms with E-state index < -0.39 is 63.8 Å². The third-order valence-corrected chi connectivity index (χ3v) is 11.1. The van der Waals surface area contributed by atoms with Gasteiger partial charge in [-0.15, -0.1) is 0 Å². The zero-order chi connectivity index (χ0) is 32.4. The van der Waals surface area contributed by atoms with E-state index in [0.717, 1.165) is 24.3 Å². The van der Waals surface area contributed by atoms with Gasteiger partial charge >= 0.3 is 12.1 Å². The van der Waals surface area contributed by atoms with Crippen molar-refractivity contribution in [2.45, 2.75) is 66.7 Å². The normalized spacial score (nSPS) is 24.8. The van der Waals surface area contributed by atoms with Gasteiger partial charge in [-0.25, -0.2) is 17.6 Å². The second-order valence-corrected chi connectivity index (χ2v) is 13.8. The molecule has 1 heterocycles. The summed E-state index contributed by atoms with van der Waals surface area (Å²) < 4.78 is 89.8. The largest absolute Gasteiger partial charge is 0.465 e. The number of carbonyl (C=O) groups excluding carboxylic acids is 2. The van der Waals surface area contributed by atoms with Crippen molar-refractivity contribution in [2.75, 3.05) is 16.7 Å². The summed E-state index contributed by atoms with van der Waals surface area (Å²) in [6.45, 7) is 0. The van der Waals surface area contributed by atoms with Crippen LogP contribution >= 0.6 is 0 Å². The van der Waals surface area contributed by atoms with Crippen molar-refractivity contribution in [3.05, 3.63) is 89.2 Å². The molecule has 13 heteroatoms. The highest BCUT2D eigenvalue weighted by atomic mass is 32.2. The average Bonchev–Trinajstić information content (AvgIpc) is 3.81. The Morgan fingerprint density at radius 2 is 1.62 bits per heavy atom. The van der Waals surface area contributed by atoms with Gasteiger partial charge in [-0.3, -0.25) is 9.10 Å². The van der Waals surface area contributed by atoms with Crippen LogP contribution in [0.2, 0.25) is 0 Å². The van der Waals surface area contributed by atoms with Crippen LogP contribution in [-0.4, -0.2) is 50.3 Å². The summed E-state index contributed by atoms with van der Waals surface area (Å²) >= 11 is 0. The van der Waals surface area contributed by atoms with Crippen LogP contribution in [0.5, 0.6) is 0 Å². The number of nitrogens with one attached hydrogen (secondary N) is 1. The van der Waals surface area contributed by atoms with Crippen LogP contribution < -0.4 is 9.62 Å². The Morgan fingerprint density at radius 3 is 2.22 bits per heavy atom. The highest BCUT2D eigenvalue weighted by molar-refractivity contribution is 7.92. The Hall–Kier alpha value is -3.97. The molecule has 0 aromatic heterocycles. The lowest BCUT2D eigenvalue weighted by Crippen LogP contribution is -2.56. The number of nitrogens with zero attached hydrogens (tertiary/aromatic N) is 1. The van der Waals surface area contributed by atoms with E-state index in [4.69, 9.17) is 4.74 Å². The number of carbonyl (C=O) groups is 2. The van der Waals surface area contributed by atoms with Crippen molar-refractivity contribution in [1.29, 1.82) is 0 Å². The zero-order valence-electron chi connectivity index (χ0n) is 24.1. The van der Waals surface area contributed by atoms with Gasteiger partial charge in [-0.1, -0.05) is 6.07 Å². The van der Waals surface area contributed by atoms with E-state index in [1.165, 1.54) is 41.7 Å². The number of rotatable bonds is 6. The number of alkyl halides is 3. The van der Waals surface area contributed by atoms with Crippen LogP contribution in [0, 0.1) is 11.7 Å². The maximum absolute atomic E-state index is 14.2. The summed E-state index contributed by atoms with van der Waals surface area (Å²) in [6.07, 6.45) is -5.17. The molecule has 8 nitrogen and oxygen atoms in total. The van der Waals surface area contributed by atoms with Gasteiger partial charge in [0.05, 0.1) is 29.3 Å². The molecule has 0 bridgehead atoms. The molecule has 1 atom stereocenters. The van der Waals surface area contributed by atoms with Gasteiger partial charge in [0, 0.05) is 16.7 Å². The summed E-state index contributed by atoms with van der Waals surface area (Å²) in [5, 5.41) is 13.3. The van der Waals surface area contributed by atoms with E-state index in [2.05, 4.69) is 5.32 Å². The first kappa shape index (κ1) is 31.0. The molecule has 1 unspecified atom stereocenters. The van der Waals surface area contributed by atoms with Gasteiger partial charge in [0.2, 0.25) is 0 Å². The molecule has 1 aliphatic heterocycles. The summed E-state index contributed by atoms with van der Waals surface area (Å²) in [5.41, 5.74) is -2.77. The van der Waals surface area contributed by atoms with E-state index in [-0.39, 0.29) is 40.5 Å². The second kappa shape index (κ2) is 10.8. The number of hydrogen-bond acceptors (Lipinski definition) is 6. The zero-order valence-corrected chi connectivity index (χ0v) is 24.9. The van der Waals surface area contributed by atoms with Crippen LogP contribution in [0.15, 0.2) is 71.6 Å². The number of anilines is 2. The first-order chi connectivity index (χ1) is 21.2. The molecule has 45 heavy (non-hydrogen) atoms. The monoisotopic (exact) mass is 646 g/mol. The number of halogens is 4. The molecule has 3 aromatic rings. The minimum absolute atomic E-state index is 0.129. The standard InChI is InChI=1S/C32H30F4N2O6S/c1-44-29(40)21-3-2-4-23(17-21)37-28(39)20-7-12-26-25(18-20)30(13-15-31(41,16-14-30)32(34,35)36)27(19-5-6-19)38(26)45(42,43)24-10-8-22(33)9-11-24/h2-4,7-12,17-19,27,41H,5-6,13-16H2,1H3,(H,37,39). The van der Waals surface area contributed by atoms with E-state index in [1.54, 1.807) is 12.1 Å². The predicted molar refractivity (Wildman–Crippen MR) is 156 cm³/mol. The molecule has 6 rings (SSSR count). The molecule has 2 saturated carbocycles. The minimum Gasteiger partial charge on any atom is -0.465 e. The van der Waals surface area contributed by atoms with Crippen LogP contribution in [0.1, 0.15) is 64.8 Å². The van der Waals surface area contributed by atoms with E-state index >= 15 is 0 Å². The van der Waals surface area contributed by atoms with Crippen molar-refractivity contribution in [3.63, 3.8) is 0 Å². The third-order valence-electron chi connectivity index (χ3n) is 9.33. The van der Waals surface area contributed by atoms with Crippen molar-refractivity contribution in [1.82, 2.24) is 0 Å². The van der Waals surface area contributed by atoms with Crippen LogP contribution in [0.4, 0.5) is 28.9 Å². The van der Waals surface area contributed by atoms with Gasteiger partial charge in [-0.05, 0) is 111 Å². The fraction of sp³-hybridized carbons (Fsp3) is 0.375. The Bertz CT molecular complexity index is 1760. The number of esters is 1. The summed E-state index contributed by atoms with van der Waals surface area (Å²) in [4.78, 5) is 25.2. The van der Waals surface area contributed by atoms with Crippen LogP contribution in [-0.2, 0) is 20.2 Å². The predicted octanol–water partition coefficient (Wildman–Crippen LogP) is 5.96. The molecule has 2 fully saturated rings. The lowest BCUT2D eigenvalue weighted by molar-refractivity contribution is -0.273. The molecule has 3 aromatic carbocycles. The fourth-order valence-electron chi connectivity index (χ4n) is 6.86. The van der Waals surface area contributed by atoms with Gasteiger partial charge in [0.1, 0.15) is 5.82 Å². The lowest BCUT2D eigenvalue weighted by atomic mass is 9.61. The Kier molecular flexibility index (Phi) is 7.47. The highest BCUT2D eigenvalue weighted by Gasteiger charge is 2.65. The molecular weight excluding hydrogens is 616 g/mol. The smallest absolute Gasteiger partial charge is 0.417 e. The summed E-state index contributed by atoms with van der Waals surface area (Å²) in [5.74, 6) is -1.98. The lowest BCUT2D eigenvalue weighted by Gasteiger charge is -2.47. The Labute approximate surface area is 257 Å². The van der Waals surface area contributed by atoms with Gasteiger partial charge in [-0.2, -0.15) is 13.2 Å². The Balaban J connectivity index is 1.44. The average molecular weight is 647 g/mol. The maximum atomic E-state index is 14.2. The molecule has 3 aliphatic rings. The minimum atomic E-state index is -4.87. The van der Waals surface area contributed by atoms with Crippen LogP contribution in [0.3, 0.4) is 0 Å². The number of benzene rings is 3. The highest BCUT2D eigenvalue weighted by Crippen LogP contribution is 2.62. The molecule has 0 radical (unpaired) electrons. The maximum Gasteiger partial charge on any atom is 0.417 e. The molecular formula is C32H30F4N2O6S. The van der Waals surface area contributed by atoms with Gasteiger partial charge in [0.25, 0.3) is 15.9 Å². The number of hydrogen-bond donors (Lipinski definition) is 2. The molecule has 238 valence electrons. The topological polar surface area (TPSA) is 113 Å². The second-order valence-electron chi connectivity index (χ2n) is 12.0. The number of fused-ring (bicyclic) bond motifs is 2. The summed E-state index contributed by atoms with van der Waals surface area (Å²) in [7, 11) is -3.09. The van der Waals surface area contributed by atoms with Gasteiger partial charge in [0.15, 0.2) is 5.60 Å². The summed E-state index contributed by atoms with van der Waals surface area (Å²) in [6, 6.07) is 14.1. The number of aliphatic hydroxyl groups is 1. The van der Waals surface area contributed by atoms with Gasteiger partial charge < -0.3 is 15.2 Å². The van der Waals surface area contributed by atoms with Crippen molar-refractivity contribution in [2.24, 2.45) is 5.92 Å². The molecule has 1 spiro atoms. The van der Waals surface area contributed by atoms with Crippen LogP contribution in [0.25, 0.3) is 0 Å². The number of sulfonamides is 1. The third kappa shape index (κ3) is 5.25. The molecule has 1 amide bonds. The molecule has 0 saturated heterocycles.